The predicted octanol–water partition coefficient (Wildman–Crippen LogP) is 4.73. The summed E-state index contributed by atoms with van der Waals surface area (Å²) in [5.41, 5.74) is 2.26. The Morgan fingerprint density at radius 1 is 1.00 bits per heavy atom. The molecular formula is C27H27N3O4. The Hall–Kier alpha value is -4.00. The fraction of sp³-hybridized carbons (Fsp3) is 0.259. The van der Waals surface area contributed by atoms with E-state index in [1.165, 1.54) is 0 Å². The van der Waals surface area contributed by atoms with Gasteiger partial charge in [-0.15, -0.1) is 0 Å². The molecule has 0 aliphatic carbocycles. The van der Waals surface area contributed by atoms with Crippen molar-refractivity contribution < 1.29 is 19.0 Å². The standard InChI is InChI=1S/C27H27N3O4/c1-18-17-29(14-15-30(18)27(31)19-8-6-9-20(16-19)32-2)26-21-10-7-13-24(33-3)25(21)34-23-12-5-4-11-22(23)28-26/h4-13,16,18H,14-15,17H2,1-3H3/t18-/m0/s1. The van der Waals surface area contributed by atoms with E-state index in [1.54, 1.807) is 20.3 Å². The first-order valence-corrected chi connectivity index (χ1v) is 11.3. The largest absolute Gasteiger partial charge is 0.497 e. The van der Waals surface area contributed by atoms with E-state index >= 15 is 0 Å². The van der Waals surface area contributed by atoms with Gasteiger partial charge in [0.15, 0.2) is 17.2 Å². The molecule has 0 spiro atoms. The number of benzene rings is 3. The Bertz CT molecular complexity index is 1260. The number of amidine groups is 1. The number of aliphatic imine (C=N–C) groups is 1. The summed E-state index contributed by atoms with van der Waals surface area (Å²) in [6, 6.07) is 20.8. The van der Waals surface area contributed by atoms with Gasteiger partial charge < -0.3 is 24.0 Å². The maximum absolute atomic E-state index is 13.2. The van der Waals surface area contributed by atoms with Crippen molar-refractivity contribution in [3.05, 3.63) is 77.9 Å². The molecule has 3 aromatic rings. The van der Waals surface area contributed by atoms with E-state index in [0.29, 0.717) is 48.2 Å². The second kappa shape index (κ2) is 9.09. The third-order valence-electron chi connectivity index (χ3n) is 6.25. The molecule has 0 saturated carbocycles. The first-order valence-electron chi connectivity index (χ1n) is 11.3. The maximum Gasteiger partial charge on any atom is 0.254 e. The second-order valence-corrected chi connectivity index (χ2v) is 8.37. The molecule has 0 N–H and O–H groups in total. The fourth-order valence-corrected chi connectivity index (χ4v) is 4.49. The van der Waals surface area contributed by atoms with Gasteiger partial charge in [0.25, 0.3) is 5.91 Å². The minimum atomic E-state index is -0.0105. The Morgan fingerprint density at radius 2 is 1.82 bits per heavy atom. The Morgan fingerprint density at radius 3 is 2.62 bits per heavy atom. The zero-order chi connectivity index (χ0) is 23.7. The van der Waals surface area contributed by atoms with Gasteiger partial charge in [0.1, 0.15) is 17.3 Å². The number of para-hydroxylation sites is 3. The zero-order valence-electron chi connectivity index (χ0n) is 19.5. The highest BCUT2D eigenvalue weighted by Crippen LogP contribution is 2.42. The minimum Gasteiger partial charge on any atom is -0.497 e. The van der Waals surface area contributed by atoms with Crippen LogP contribution in [-0.4, -0.2) is 61.4 Å². The number of carbonyl (C=O) groups is 1. The second-order valence-electron chi connectivity index (χ2n) is 8.37. The lowest BCUT2D eigenvalue weighted by atomic mass is 10.1. The van der Waals surface area contributed by atoms with Crippen LogP contribution >= 0.6 is 0 Å². The highest BCUT2D eigenvalue weighted by molar-refractivity contribution is 6.04. The predicted molar refractivity (Wildman–Crippen MR) is 131 cm³/mol. The first kappa shape index (κ1) is 21.8. The lowest BCUT2D eigenvalue weighted by Gasteiger charge is -2.41. The normalized spacial score (nSPS) is 17.0. The number of nitrogens with zero attached hydrogens (tertiary/aromatic N) is 3. The van der Waals surface area contributed by atoms with Gasteiger partial charge in [0.05, 0.1) is 19.8 Å². The van der Waals surface area contributed by atoms with Crippen LogP contribution in [0.15, 0.2) is 71.7 Å². The van der Waals surface area contributed by atoms with Gasteiger partial charge in [-0.2, -0.15) is 0 Å². The van der Waals surface area contributed by atoms with Crippen LogP contribution in [0, 0.1) is 0 Å². The van der Waals surface area contributed by atoms with Gasteiger partial charge in [0.2, 0.25) is 0 Å². The van der Waals surface area contributed by atoms with Crippen molar-refractivity contribution in [2.75, 3.05) is 33.9 Å². The van der Waals surface area contributed by atoms with Gasteiger partial charge in [-0.25, -0.2) is 4.99 Å². The van der Waals surface area contributed by atoms with Crippen molar-refractivity contribution in [3.8, 4) is 23.0 Å². The number of piperazine rings is 1. The molecule has 1 fully saturated rings. The molecular weight excluding hydrogens is 430 g/mol. The number of hydrogen-bond donors (Lipinski definition) is 0. The zero-order valence-corrected chi connectivity index (χ0v) is 19.5. The van der Waals surface area contributed by atoms with Crippen molar-refractivity contribution >= 4 is 17.4 Å². The molecule has 0 aromatic heterocycles. The van der Waals surface area contributed by atoms with Crippen molar-refractivity contribution in [2.45, 2.75) is 13.0 Å². The van der Waals surface area contributed by atoms with E-state index in [0.717, 1.165) is 17.1 Å². The third kappa shape index (κ3) is 3.94. The molecule has 0 radical (unpaired) electrons. The average molecular weight is 458 g/mol. The van der Waals surface area contributed by atoms with Crippen LogP contribution < -0.4 is 14.2 Å². The van der Waals surface area contributed by atoms with Crippen LogP contribution in [0.3, 0.4) is 0 Å². The molecule has 2 aliphatic heterocycles. The highest BCUT2D eigenvalue weighted by Gasteiger charge is 2.32. The summed E-state index contributed by atoms with van der Waals surface area (Å²) >= 11 is 0. The van der Waals surface area contributed by atoms with Crippen molar-refractivity contribution in [1.29, 1.82) is 0 Å². The average Bonchev–Trinajstić information content (AvgIpc) is 3.05. The Labute approximate surface area is 199 Å². The number of methoxy groups -OCH3 is 2. The number of fused-ring (bicyclic) bond motifs is 2. The van der Waals surface area contributed by atoms with E-state index in [9.17, 15) is 4.79 Å². The van der Waals surface area contributed by atoms with E-state index in [-0.39, 0.29) is 11.9 Å². The van der Waals surface area contributed by atoms with Crippen LogP contribution in [0.2, 0.25) is 0 Å². The number of amides is 1. The minimum absolute atomic E-state index is 0.00426. The molecule has 0 unspecified atom stereocenters. The lowest BCUT2D eigenvalue weighted by Crippen LogP contribution is -2.55. The van der Waals surface area contributed by atoms with Gasteiger partial charge >= 0.3 is 0 Å². The lowest BCUT2D eigenvalue weighted by molar-refractivity contribution is 0.0581. The molecule has 7 heteroatoms. The van der Waals surface area contributed by atoms with Crippen LogP contribution in [0.25, 0.3) is 0 Å². The maximum atomic E-state index is 13.2. The van der Waals surface area contributed by atoms with Crippen LogP contribution in [0.4, 0.5) is 5.69 Å². The monoisotopic (exact) mass is 457 g/mol. The molecule has 3 aromatic carbocycles. The van der Waals surface area contributed by atoms with Crippen LogP contribution in [0.1, 0.15) is 22.8 Å². The molecule has 5 rings (SSSR count). The van der Waals surface area contributed by atoms with Gasteiger partial charge in [-0.1, -0.05) is 24.3 Å². The molecule has 0 bridgehead atoms. The summed E-state index contributed by atoms with van der Waals surface area (Å²) in [5.74, 6) is 3.49. The molecule has 34 heavy (non-hydrogen) atoms. The topological polar surface area (TPSA) is 63.6 Å². The molecule has 1 atom stereocenters. The first-order chi connectivity index (χ1) is 16.6. The summed E-state index contributed by atoms with van der Waals surface area (Å²) < 4.78 is 17.2. The van der Waals surface area contributed by atoms with Crippen LogP contribution in [-0.2, 0) is 0 Å². The summed E-state index contributed by atoms with van der Waals surface area (Å²) in [5, 5.41) is 0. The number of hydrogen-bond acceptors (Lipinski definition) is 6. The quantitative estimate of drug-likeness (QED) is 0.569. The smallest absolute Gasteiger partial charge is 0.254 e. The van der Waals surface area contributed by atoms with E-state index in [1.807, 2.05) is 65.6 Å². The van der Waals surface area contributed by atoms with E-state index in [4.69, 9.17) is 19.2 Å². The summed E-state index contributed by atoms with van der Waals surface area (Å²) in [4.78, 5) is 22.4. The Kier molecular flexibility index (Phi) is 5.84. The summed E-state index contributed by atoms with van der Waals surface area (Å²) in [7, 11) is 3.24. The van der Waals surface area contributed by atoms with Gasteiger partial charge in [-0.3, -0.25) is 4.79 Å². The van der Waals surface area contributed by atoms with E-state index in [2.05, 4.69) is 11.8 Å². The SMILES string of the molecule is COc1cccc(C(=O)N2CCN(C3=Nc4ccccc4Oc4c(OC)cccc43)C[C@@H]2C)c1. The molecule has 2 heterocycles. The number of carbonyl (C=O) groups excluding carboxylic acids is 1. The molecule has 174 valence electrons. The Balaban J connectivity index is 1.46. The number of ether oxygens (including phenoxy) is 3. The van der Waals surface area contributed by atoms with Crippen molar-refractivity contribution in [1.82, 2.24) is 9.80 Å². The third-order valence-corrected chi connectivity index (χ3v) is 6.25. The highest BCUT2D eigenvalue weighted by atomic mass is 16.5. The van der Waals surface area contributed by atoms with Gasteiger partial charge in [0, 0.05) is 31.2 Å². The van der Waals surface area contributed by atoms with E-state index < -0.39 is 0 Å². The summed E-state index contributed by atoms with van der Waals surface area (Å²) in [6.07, 6.45) is 0. The van der Waals surface area contributed by atoms with Gasteiger partial charge in [-0.05, 0) is 49.4 Å². The van der Waals surface area contributed by atoms with Crippen LogP contribution in [0.5, 0.6) is 23.0 Å². The molecule has 1 amide bonds. The van der Waals surface area contributed by atoms with Crippen molar-refractivity contribution in [2.24, 2.45) is 4.99 Å². The van der Waals surface area contributed by atoms with Crippen molar-refractivity contribution in [3.63, 3.8) is 0 Å². The molecule has 2 aliphatic rings. The molecule has 1 saturated heterocycles. The number of rotatable bonds is 3. The fourth-order valence-electron chi connectivity index (χ4n) is 4.49. The summed E-state index contributed by atoms with van der Waals surface area (Å²) in [6.45, 7) is 3.95. The molecule has 7 nitrogen and oxygen atoms in total.